The first-order valence-corrected chi connectivity index (χ1v) is 9.35. The molecule has 0 fully saturated rings. The fourth-order valence-electron chi connectivity index (χ4n) is 2.29. The van der Waals surface area contributed by atoms with E-state index in [1.54, 1.807) is 26.2 Å². The third kappa shape index (κ3) is 4.74. The number of hydrogen-bond donors (Lipinski definition) is 2. The molecule has 2 rings (SSSR count). The monoisotopic (exact) mass is 387 g/mol. The number of aromatic nitrogens is 2. The molecule has 8 nitrogen and oxygen atoms in total. The lowest BCUT2D eigenvalue weighted by molar-refractivity contribution is -0.136. The molecule has 2 N–H and O–H groups in total. The van der Waals surface area contributed by atoms with Gasteiger partial charge in [0, 0.05) is 19.3 Å². The molecule has 0 saturated heterocycles. The molecule has 0 spiro atoms. The van der Waals surface area contributed by atoms with Gasteiger partial charge in [0.15, 0.2) is 5.57 Å². The van der Waals surface area contributed by atoms with Crippen LogP contribution in [0.5, 0.6) is 0 Å². The fourth-order valence-corrected chi connectivity index (χ4v) is 3.37. The predicted molar refractivity (Wildman–Crippen MR) is 106 cm³/mol. The van der Waals surface area contributed by atoms with Gasteiger partial charge in [0.2, 0.25) is 0 Å². The van der Waals surface area contributed by atoms with Gasteiger partial charge in [-0.05, 0) is 32.9 Å². The van der Waals surface area contributed by atoms with Crippen LogP contribution in [0.4, 0.5) is 11.5 Å². The first-order chi connectivity index (χ1) is 13.0. The van der Waals surface area contributed by atoms with Crippen LogP contribution in [0.25, 0.3) is 11.8 Å². The van der Waals surface area contributed by atoms with Crippen molar-refractivity contribution in [1.82, 2.24) is 9.55 Å². The second-order valence-corrected chi connectivity index (χ2v) is 6.31. The number of rotatable bonds is 7. The lowest BCUT2D eigenvalue weighted by Crippen LogP contribution is -2.32. The summed E-state index contributed by atoms with van der Waals surface area (Å²) in [6.07, 6.45) is 3.19. The number of nitrogens with zero attached hydrogens (tertiary/aromatic N) is 3. The molecule has 27 heavy (non-hydrogen) atoms. The highest BCUT2D eigenvalue weighted by atomic mass is 32.1. The van der Waals surface area contributed by atoms with E-state index in [0.717, 1.165) is 23.7 Å². The van der Waals surface area contributed by atoms with E-state index in [9.17, 15) is 14.9 Å². The molecule has 2 aromatic heterocycles. The van der Waals surface area contributed by atoms with Crippen LogP contribution in [0.3, 0.4) is 0 Å². The van der Waals surface area contributed by atoms with Crippen LogP contribution in [0.2, 0.25) is 0 Å². The molecule has 0 aliphatic rings. The SMILES string of the molecule is CCNc1ccc(N/C=c2/s/c(=C(/C#N)C(=O)OCC)n(CC)c2=O)cn1. The maximum Gasteiger partial charge on any atom is 0.351 e. The minimum absolute atomic E-state index is 0.155. The number of carbonyl (C=O) groups is 1. The predicted octanol–water partition coefficient (Wildman–Crippen LogP) is 0.844. The average molecular weight is 387 g/mol. The molecule has 142 valence electrons. The Morgan fingerprint density at radius 3 is 2.74 bits per heavy atom. The summed E-state index contributed by atoms with van der Waals surface area (Å²) < 4.78 is 6.96. The summed E-state index contributed by atoms with van der Waals surface area (Å²) in [4.78, 5) is 28.8. The zero-order valence-electron chi connectivity index (χ0n) is 15.4. The first-order valence-electron chi connectivity index (χ1n) is 8.53. The molecule has 0 unspecified atom stereocenters. The highest BCUT2D eigenvalue weighted by Crippen LogP contribution is 2.09. The standard InChI is InChI=1S/C18H21N5O3S/c1-4-20-15-8-7-12(10-22-15)21-11-14-16(24)23(5-2)17(27-14)13(9-19)18(25)26-6-3/h7-8,10-11,21H,4-6H2,1-3H3,(H,20,22)/b14-11+,17-13-. The van der Waals surface area contributed by atoms with Gasteiger partial charge in [-0.1, -0.05) is 0 Å². The van der Waals surface area contributed by atoms with Gasteiger partial charge in [0.05, 0.1) is 18.5 Å². The van der Waals surface area contributed by atoms with Crippen LogP contribution in [0.15, 0.2) is 23.1 Å². The maximum atomic E-state index is 12.6. The van der Waals surface area contributed by atoms with Crippen LogP contribution in [-0.4, -0.2) is 28.7 Å². The molecule has 0 aliphatic heterocycles. The van der Waals surface area contributed by atoms with E-state index in [1.807, 2.05) is 25.1 Å². The van der Waals surface area contributed by atoms with Crippen molar-refractivity contribution in [2.75, 3.05) is 23.8 Å². The van der Waals surface area contributed by atoms with Crippen molar-refractivity contribution < 1.29 is 9.53 Å². The quantitative estimate of drug-likeness (QED) is 0.678. The minimum atomic E-state index is -0.730. The van der Waals surface area contributed by atoms with Crippen LogP contribution in [-0.2, 0) is 16.1 Å². The van der Waals surface area contributed by atoms with Gasteiger partial charge in [-0.2, -0.15) is 5.26 Å². The second kappa shape index (κ2) is 9.54. The van der Waals surface area contributed by atoms with E-state index in [4.69, 9.17) is 4.74 Å². The van der Waals surface area contributed by atoms with Gasteiger partial charge < -0.3 is 15.4 Å². The largest absolute Gasteiger partial charge is 0.462 e. The number of nitrogens with one attached hydrogen (secondary N) is 2. The summed E-state index contributed by atoms with van der Waals surface area (Å²) in [6.45, 7) is 6.69. The summed E-state index contributed by atoms with van der Waals surface area (Å²) in [5.41, 5.74) is 0.264. The number of nitriles is 1. The summed E-state index contributed by atoms with van der Waals surface area (Å²) in [7, 11) is 0. The Morgan fingerprint density at radius 2 is 2.19 bits per heavy atom. The van der Waals surface area contributed by atoms with Crippen LogP contribution >= 0.6 is 11.3 Å². The van der Waals surface area contributed by atoms with Gasteiger partial charge >= 0.3 is 5.97 Å². The van der Waals surface area contributed by atoms with Crippen molar-refractivity contribution in [2.45, 2.75) is 27.3 Å². The van der Waals surface area contributed by atoms with Gasteiger partial charge in [0.25, 0.3) is 5.56 Å². The average Bonchev–Trinajstić information content (AvgIpc) is 2.97. The van der Waals surface area contributed by atoms with Gasteiger partial charge in [-0.25, -0.2) is 9.78 Å². The molecule has 0 aliphatic carbocycles. The molecule has 0 atom stereocenters. The van der Waals surface area contributed by atoms with E-state index in [1.165, 1.54) is 4.57 Å². The lowest BCUT2D eigenvalue weighted by atomic mass is 10.3. The summed E-state index contributed by atoms with van der Waals surface area (Å²) in [5.74, 6) is 0.0312. The topological polar surface area (TPSA) is 109 Å². The molecule has 0 aromatic carbocycles. The van der Waals surface area contributed by atoms with Crippen LogP contribution < -0.4 is 25.4 Å². The molecular weight excluding hydrogens is 366 g/mol. The molecule has 9 heteroatoms. The highest BCUT2D eigenvalue weighted by Gasteiger charge is 2.16. The number of ether oxygens (including phenoxy) is 1. The second-order valence-electron chi connectivity index (χ2n) is 5.28. The van der Waals surface area contributed by atoms with Crippen molar-refractivity contribution in [3.63, 3.8) is 0 Å². The number of carbonyl (C=O) groups excluding carboxylic acids is 1. The Labute approximate surface area is 160 Å². The third-order valence-electron chi connectivity index (χ3n) is 3.52. The highest BCUT2D eigenvalue weighted by molar-refractivity contribution is 7.07. The minimum Gasteiger partial charge on any atom is -0.462 e. The van der Waals surface area contributed by atoms with Gasteiger partial charge in [0.1, 0.15) is 21.1 Å². The Balaban J connectivity index is 2.45. The van der Waals surface area contributed by atoms with E-state index >= 15 is 0 Å². The number of pyridine rings is 1. The Bertz CT molecular complexity index is 1020. The first kappa shape index (κ1) is 20.2. The van der Waals surface area contributed by atoms with E-state index in [0.29, 0.717) is 16.8 Å². The zero-order valence-corrected chi connectivity index (χ0v) is 16.2. The summed E-state index contributed by atoms with van der Waals surface area (Å²) >= 11 is 1.07. The van der Waals surface area contributed by atoms with Crippen molar-refractivity contribution in [3.8, 4) is 6.07 Å². The Kier molecular flexibility index (Phi) is 7.14. The van der Waals surface area contributed by atoms with E-state index < -0.39 is 5.97 Å². The van der Waals surface area contributed by atoms with E-state index in [2.05, 4.69) is 15.6 Å². The Morgan fingerprint density at radius 1 is 1.41 bits per heavy atom. The number of anilines is 2. The van der Waals surface area contributed by atoms with Crippen molar-refractivity contribution in [1.29, 1.82) is 5.26 Å². The maximum absolute atomic E-state index is 12.6. The van der Waals surface area contributed by atoms with Crippen LogP contribution in [0.1, 0.15) is 20.8 Å². The van der Waals surface area contributed by atoms with Crippen molar-refractivity contribution in [3.05, 3.63) is 37.9 Å². The Hall–Kier alpha value is -3.12. The van der Waals surface area contributed by atoms with Crippen molar-refractivity contribution >= 4 is 40.6 Å². The molecule has 0 bridgehead atoms. The molecule has 0 saturated carbocycles. The molecular formula is C18H21N5O3S. The summed E-state index contributed by atoms with van der Waals surface area (Å²) in [6, 6.07) is 5.51. The van der Waals surface area contributed by atoms with Gasteiger partial charge in [-0.15, -0.1) is 11.3 Å². The third-order valence-corrected chi connectivity index (χ3v) is 4.65. The molecule has 2 heterocycles. The molecule has 2 aromatic rings. The number of hydrogen-bond acceptors (Lipinski definition) is 8. The van der Waals surface area contributed by atoms with Gasteiger partial charge in [-0.3, -0.25) is 9.36 Å². The summed E-state index contributed by atoms with van der Waals surface area (Å²) in [5, 5.41) is 15.5. The molecule has 0 radical (unpaired) electrons. The molecule has 0 amide bonds. The zero-order chi connectivity index (χ0) is 19.8. The normalized spacial score (nSPS) is 12.3. The van der Waals surface area contributed by atoms with Crippen molar-refractivity contribution in [2.24, 2.45) is 0 Å². The van der Waals surface area contributed by atoms with E-state index in [-0.39, 0.29) is 22.4 Å². The lowest BCUT2D eigenvalue weighted by Gasteiger charge is -2.03. The smallest absolute Gasteiger partial charge is 0.351 e. The fraction of sp³-hybridized carbons (Fsp3) is 0.333. The number of thiazole rings is 1. The van der Waals surface area contributed by atoms with Crippen LogP contribution in [0, 0.1) is 11.3 Å². The number of esters is 1.